The highest BCUT2D eigenvalue weighted by molar-refractivity contribution is 7.13. The second-order valence-electron chi connectivity index (χ2n) is 4.51. The van der Waals surface area contributed by atoms with Crippen molar-refractivity contribution in [1.82, 2.24) is 4.98 Å². The second-order valence-corrected chi connectivity index (χ2v) is 6.31. The minimum absolute atomic E-state index is 0.160. The van der Waals surface area contributed by atoms with Crippen LogP contribution in [0.5, 0.6) is 0 Å². The van der Waals surface area contributed by atoms with Crippen molar-refractivity contribution in [3.63, 3.8) is 0 Å². The van der Waals surface area contributed by atoms with Crippen LogP contribution in [-0.4, -0.2) is 11.5 Å². The van der Waals surface area contributed by atoms with E-state index in [4.69, 9.17) is 0 Å². The van der Waals surface area contributed by atoms with Gasteiger partial charge in [-0.15, -0.1) is 22.7 Å². The summed E-state index contributed by atoms with van der Waals surface area (Å²) in [6, 6.07) is 4.30. The lowest BCUT2D eigenvalue weighted by Gasteiger charge is -2.23. The Labute approximate surface area is 104 Å². The van der Waals surface area contributed by atoms with Gasteiger partial charge in [-0.25, -0.2) is 4.98 Å². The number of nitrogens with one attached hydrogen (secondary N) is 1. The van der Waals surface area contributed by atoms with E-state index in [0.717, 1.165) is 17.4 Å². The van der Waals surface area contributed by atoms with Gasteiger partial charge in [-0.2, -0.15) is 0 Å². The van der Waals surface area contributed by atoms with E-state index >= 15 is 0 Å². The maximum absolute atomic E-state index is 4.41. The van der Waals surface area contributed by atoms with Gasteiger partial charge in [0.15, 0.2) is 5.13 Å². The molecule has 0 aliphatic heterocycles. The van der Waals surface area contributed by atoms with Crippen LogP contribution in [0.4, 0.5) is 5.13 Å². The molecule has 0 bridgehead atoms. The fourth-order valence-electron chi connectivity index (χ4n) is 1.48. The summed E-state index contributed by atoms with van der Waals surface area (Å²) in [7, 11) is 0. The van der Waals surface area contributed by atoms with Crippen molar-refractivity contribution in [1.29, 1.82) is 0 Å². The Hall–Kier alpha value is -0.870. The number of hydrogen-bond donors (Lipinski definition) is 1. The van der Waals surface area contributed by atoms with Gasteiger partial charge in [-0.05, 0) is 18.4 Å². The number of aromatic nitrogens is 1. The zero-order chi connectivity index (χ0) is 11.6. The maximum atomic E-state index is 4.41. The lowest BCUT2D eigenvalue weighted by molar-refractivity contribution is 0.569. The molecule has 0 unspecified atom stereocenters. The number of thiazole rings is 1. The monoisotopic (exact) mass is 252 g/mol. The minimum atomic E-state index is 0.160. The highest BCUT2D eigenvalue weighted by Crippen LogP contribution is 2.28. The van der Waals surface area contributed by atoms with E-state index < -0.39 is 0 Å². The standard InChI is InChI=1S/C12H16N2S2/c1-9-7-16-11(14-9)13-8-12(2,3)10-5-4-6-15-10/h4-7H,8H2,1-3H3,(H,13,14). The van der Waals surface area contributed by atoms with Crippen molar-refractivity contribution in [2.75, 3.05) is 11.9 Å². The summed E-state index contributed by atoms with van der Waals surface area (Å²) in [5.74, 6) is 0. The van der Waals surface area contributed by atoms with Crippen LogP contribution in [0, 0.1) is 6.92 Å². The maximum Gasteiger partial charge on any atom is 0.182 e. The van der Waals surface area contributed by atoms with Gasteiger partial charge in [0.05, 0.1) is 5.69 Å². The first-order valence-corrected chi connectivity index (χ1v) is 7.04. The molecular weight excluding hydrogens is 236 g/mol. The van der Waals surface area contributed by atoms with Crippen molar-refractivity contribution in [3.8, 4) is 0 Å². The molecule has 4 heteroatoms. The molecule has 0 aromatic carbocycles. The van der Waals surface area contributed by atoms with Crippen LogP contribution in [0.3, 0.4) is 0 Å². The van der Waals surface area contributed by atoms with Gasteiger partial charge >= 0.3 is 0 Å². The highest BCUT2D eigenvalue weighted by Gasteiger charge is 2.21. The number of nitrogens with zero attached hydrogens (tertiary/aromatic N) is 1. The summed E-state index contributed by atoms with van der Waals surface area (Å²) in [6.07, 6.45) is 0. The van der Waals surface area contributed by atoms with Gasteiger partial charge in [0.1, 0.15) is 0 Å². The van der Waals surface area contributed by atoms with Crippen molar-refractivity contribution < 1.29 is 0 Å². The molecule has 1 N–H and O–H groups in total. The molecular formula is C12H16N2S2. The van der Waals surface area contributed by atoms with Gasteiger partial charge in [-0.1, -0.05) is 19.9 Å². The molecule has 0 amide bonds. The number of anilines is 1. The van der Waals surface area contributed by atoms with Crippen molar-refractivity contribution >= 4 is 27.8 Å². The van der Waals surface area contributed by atoms with E-state index in [9.17, 15) is 0 Å². The highest BCUT2D eigenvalue weighted by atomic mass is 32.1. The van der Waals surface area contributed by atoms with Crippen molar-refractivity contribution in [3.05, 3.63) is 33.5 Å². The topological polar surface area (TPSA) is 24.9 Å². The quantitative estimate of drug-likeness (QED) is 0.892. The van der Waals surface area contributed by atoms with Crippen LogP contribution in [0.1, 0.15) is 24.4 Å². The van der Waals surface area contributed by atoms with Crippen LogP contribution in [0.25, 0.3) is 0 Å². The Kier molecular flexibility index (Phi) is 3.30. The first-order chi connectivity index (χ1) is 7.58. The Morgan fingerprint density at radius 2 is 2.19 bits per heavy atom. The molecule has 0 fully saturated rings. The molecule has 86 valence electrons. The summed E-state index contributed by atoms with van der Waals surface area (Å²) in [4.78, 5) is 5.82. The first-order valence-electron chi connectivity index (χ1n) is 5.28. The minimum Gasteiger partial charge on any atom is -0.361 e. The molecule has 16 heavy (non-hydrogen) atoms. The van der Waals surface area contributed by atoms with Gasteiger partial charge in [0, 0.05) is 22.2 Å². The van der Waals surface area contributed by atoms with E-state index in [1.165, 1.54) is 4.88 Å². The van der Waals surface area contributed by atoms with E-state index in [1.807, 2.05) is 18.3 Å². The molecule has 0 atom stereocenters. The van der Waals surface area contributed by atoms with Gasteiger partial charge in [0.25, 0.3) is 0 Å². The number of aryl methyl sites for hydroxylation is 1. The zero-order valence-corrected chi connectivity index (χ0v) is 11.4. The van der Waals surface area contributed by atoms with Crippen molar-refractivity contribution in [2.45, 2.75) is 26.2 Å². The fraction of sp³-hybridized carbons (Fsp3) is 0.417. The van der Waals surface area contributed by atoms with E-state index in [1.54, 1.807) is 11.3 Å². The molecule has 2 nitrogen and oxygen atoms in total. The Balaban J connectivity index is 2.00. The lowest BCUT2D eigenvalue weighted by Crippen LogP contribution is -2.26. The normalized spacial score (nSPS) is 11.7. The molecule has 0 spiro atoms. The predicted octanol–water partition coefficient (Wildman–Crippen LogP) is 3.90. The lowest BCUT2D eigenvalue weighted by atomic mass is 9.91. The Bertz CT molecular complexity index is 443. The summed E-state index contributed by atoms with van der Waals surface area (Å²) >= 11 is 3.48. The SMILES string of the molecule is Cc1csc(NCC(C)(C)c2cccs2)n1. The zero-order valence-electron chi connectivity index (χ0n) is 9.78. The second kappa shape index (κ2) is 4.55. The van der Waals surface area contributed by atoms with Crippen LogP contribution in [0.15, 0.2) is 22.9 Å². The molecule has 2 aromatic rings. The first kappa shape index (κ1) is 11.6. The van der Waals surface area contributed by atoms with Crippen LogP contribution >= 0.6 is 22.7 Å². The van der Waals surface area contributed by atoms with Crippen molar-refractivity contribution in [2.24, 2.45) is 0 Å². The van der Waals surface area contributed by atoms with Crippen LogP contribution in [-0.2, 0) is 5.41 Å². The molecule has 0 aliphatic rings. The summed E-state index contributed by atoms with van der Waals surface area (Å²) in [6.45, 7) is 7.45. The van der Waals surface area contributed by atoms with E-state index in [2.05, 4.69) is 47.0 Å². The molecule has 0 saturated carbocycles. The molecule has 0 saturated heterocycles. The van der Waals surface area contributed by atoms with Gasteiger partial charge < -0.3 is 5.32 Å². The smallest absolute Gasteiger partial charge is 0.182 e. The average Bonchev–Trinajstić information content (AvgIpc) is 2.85. The largest absolute Gasteiger partial charge is 0.361 e. The number of rotatable bonds is 4. The molecule has 2 aromatic heterocycles. The third-order valence-electron chi connectivity index (χ3n) is 2.49. The van der Waals surface area contributed by atoms with Crippen LogP contribution < -0.4 is 5.32 Å². The molecule has 2 heterocycles. The Morgan fingerprint density at radius 3 is 2.75 bits per heavy atom. The summed E-state index contributed by atoms with van der Waals surface area (Å²) in [5, 5.41) is 8.62. The third-order valence-corrected chi connectivity index (χ3v) is 4.64. The average molecular weight is 252 g/mol. The summed E-state index contributed by atoms with van der Waals surface area (Å²) < 4.78 is 0. The van der Waals surface area contributed by atoms with Gasteiger partial charge in [0.2, 0.25) is 0 Å². The Morgan fingerprint density at radius 1 is 1.38 bits per heavy atom. The van der Waals surface area contributed by atoms with Gasteiger partial charge in [-0.3, -0.25) is 0 Å². The van der Waals surface area contributed by atoms with Crippen LogP contribution in [0.2, 0.25) is 0 Å². The van der Waals surface area contributed by atoms with E-state index in [-0.39, 0.29) is 5.41 Å². The summed E-state index contributed by atoms with van der Waals surface area (Å²) in [5.41, 5.74) is 1.25. The number of thiophene rings is 1. The molecule has 0 aliphatic carbocycles. The predicted molar refractivity (Wildman–Crippen MR) is 72.7 cm³/mol. The molecule has 2 rings (SSSR count). The third kappa shape index (κ3) is 2.62. The van der Waals surface area contributed by atoms with E-state index in [0.29, 0.717) is 0 Å². The number of hydrogen-bond acceptors (Lipinski definition) is 4. The molecule has 0 radical (unpaired) electrons. The fourth-order valence-corrected chi connectivity index (χ4v) is 3.02.